The van der Waals surface area contributed by atoms with Crippen LogP contribution >= 0.6 is 11.6 Å². The highest BCUT2D eigenvalue weighted by molar-refractivity contribution is 6.46. The molecule has 0 bridgehead atoms. The Balaban J connectivity index is 1.77. The molecule has 9 heteroatoms. The predicted molar refractivity (Wildman–Crippen MR) is 134 cm³/mol. The molecule has 2 aromatic heterocycles. The number of hydrogen-bond donors (Lipinski definition) is 1. The number of aliphatic hydroxyl groups excluding tert-OH is 1. The molecule has 0 saturated carbocycles. The standard InChI is InChI=1S/C27H23ClN2O6/c1-29-14-18(16-8-4-5-9-20(16)29)24-23(26(32)27(33)30(24)13-15-7-6-10-36-15)25(31)17-11-19(28)22(35-3)12-21(17)34-2/h4-12,14,24,31H,13H2,1-3H3/b25-23+. The maximum Gasteiger partial charge on any atom is 0.296 e. The molecular formula is C27H23ClN2O6. The lowest BCUT2D eigenvalue weighted by Crippen LogP contribution is -2.29. The van der Waals surface area contributed by atoms with E-state index in [1.54, 1.807) is 12.1 Å². The fraction of sp³-hybridized carbons (Fsp3) is 0.185. The fourth-order valence-corrected chi connectivity index (χ4v) is 4.96. The van der Waals surface area contributed by atoms with Gasteiger partial charge in [-0.05, 0) is 24.3 Å². The van der Waals surface area contributed by atoms with Gasteiger partial charge in [-0.3, -0.25) is 9.59 Å². The zero-order valence-electron chi connectivity index (χ0n) is 19.8. The molecule has 0 aliphatic carbocycles. The summed E-state index contributed by atoms with van der Waals surface area (Å²) in [6, 6.07) is 13.2. The number of hydrogen-bond acceptors (Lipinski definition) is 6. The van der Waals surface area contributed by atoms with Gasteiger partial charge >= 0.3 is 0 Å². The first-order chi connectivity index (χ1) is 17.3. The number of aliphatic hydroxyl groups is 1. The van der Waals surface area contributed by atoms with Crippen LogP contribution in [0.25, 0.3) is 16.7 Å². The number of nitrogens with zero attached hydrogens (tertiary/aromatic N) is 2. The summed E-state index contributed by atoms with van der Waals surface area (Å²) in [5.74, 6) is -0.867. The number of benzene rings is 2. The lowest BCUT2D eigenvalue weighted by molar-refractivity contribution is -0.140. The Bertz CT molecular complexity index is 1520. The summed E-state index contributed by atoms with van der Waals surface area (Å²) in [7, 11) is 4.77. The molecule has 36 heavy (non-hydrogen) atoms. The number of fused-ring (bicyclic) bond motifs is 1. The maximum atomic E-state index is 13.4. The molecule has 5 rings (SSSR count). The number of ketones is 1. The minimum atomic E-state index is -0.883. The molecule has 0 radical (unpaired) electrons. The van der Waals surface area contributed by atoms with Gasteiger partial charge in [0.1, 0.15) is 23.0 Å². The van der Waals surface area contributed by atoms with Crippen LogP contribution < -0.4 is 9.47 Å². The van der Waals surface area contributed by atoms with Crippen molar-refractivity contribution in [1.82, 2.24) is 9.47 Å². The third-order valence-electron chi connectivity index (χ3n) is 6.40. The van der Waals surface area contributed by atoms with E-state index >= 15 is 0 Å². The smallest absolute Gasteiger partial charge is 0.296 e. The summed E-state index contributed by atoms with van der Waals surface area (Å²) in [5, 5.41) is 12.6. The van der Waals surface area contributed by atoms with Crippen molar-refractivity contribution in [3.8, 4) is 11.5 Å². The van der Waals surface area contributed by atoms with Crippen molar-refractivity contribution in [2.75, 3.05) is 14.2 Å². The molecule has 1 saturated heterocycles. The fourth-order valence-electron chi connectivity index (χ4n) is 4.72. The first-order valence-corrected chi connectivity index (χ1v) is 11.5. The summed E-state index contributed by atoms with van der Waals surface area (Å²) in [4.78, 5) is 28.2. The van der Waals surface area contributed by atoms with E-state index in [9.17, 15) is 14.7 Å². The van der Waals surface area contributed by atoms with E-state index in [2.05, 4.69) is 0 Å². The van der Waals surface area contributed by atoms with Gasteiger partial charge in [-0.2, -0.15) is 0 Å². The minimum absolute atomic E-state index is 0.0444. The van der Waals surface area contributed by atoms with E-state index < -0.39 is 23.5 Å². The topological polar surface area (TPSA) is 94.1 Å². The van der Waals surface area contributed by atoms with Crippen molar-refractivity contribution in [3.05, 3.63) is 88.5 Å². The number of carbonyl (C=O) groups excluding carboxylic acids is 2. The molecular weight excluding hydrogens is 484 g/mol. The number of rotatable bonds is 6. The molecule has 1 aliphatic heterocycles. The molecule has 8 nitrogen and oxygen atoms in total. The van der Waals surface area contributed by atoms with Crippen LogP contribution in [0.15, 0.2) is 71.0 Å². The maximum absolute atomic E-state index is 13.4. The normalized spacial score (nSPS) is 17.2. The SMILES string of the molecule is COc1cc(OC)c(/C(O)=C2\C(=O)C(=O)N(Cc3ccco3)C2c2cn(C)c3ccccc23)cc1Cl. The third-order valence-corrected chi connectivity index (χ3v) is 6.69. The van der Waals surface area contributed by atoms with Gasteiger partial charge in [-0.25, -0.2) is 0 Å². The first-order valence-electron chi connectivity index (χ1n) is 11.1. The molecule has 1 unspecified atom stereocenters. The van der Waals surface area contributed by atoms with E-state index in [0.29, 0.717) is 17.1 Å². The second kappa shape index (κ2) is 9.13. The van der Waals surface area contributed by atoms with Crippen LogP contribution in [0, 0.1) is 0 Å². The molecule has 1 N–H and O–H groups in total. The first kappa shape index (κ1) is 23.6. The van der Waals surface area contributed by atoms with Gasteiger partial charge in [0.15, 0.2) is 0 Å². The van der Waals surface area contributed by atoms with Crippen molar-refractivity contribution in [1.29, 1.82) is 0 Å². The molecule has 184 valence electrons. The van der Waals surface area contributed by atoms with Crippen LogP contribution in [-0.2, 0) is 23.2 Å². The largest absolute Gasteiger partial charge is 0.507 e. The highest BCUT2D eigenvalue weighted by Crippen LogP contribution is 2.45. The molecule has 1 fully saturated rings. The molecule has 1 amide bonds. The Labute approximate surface area is 211 Å². The summed E-state index contributed by atoms with van der Waals surface area (Å²) in [6.07, 6.45) is 3.37. The van der Waals surface area contributed by atoms with E-state index in [4.69, 9.17) is 25.5 Å². The van der Waals surface area contributed by atoms with Crippen molar-refractivity contribution in [2.45, 2.75) is 12.6 Å². The van der Waals surface area contributed by atoms with E-state index in [1.807, 2.05) is 42.1 Å². The quantitative estimate of drug-likeness (QED) is 0.223. The minimum Gasteiger partial charge on any atom is -0.507 e. The molecule has 1 atom stereocenters. The summed E-state index contributed by atoms with van der Waals surface area (Å²) in [6.45, 7) is 0.0444. The van der Waals surface area contributed by atoms with Gasteiger partial charge in [0.2, 0.25) is 0 Å². The number of furan rings is 1. The van der Waals surface area contributed by atoms with Gasteiger partial charge in [-0.1, -0.05) is 29.8 Å². The summed E-state index contributed by atoms with van der Waals surface area (Å²) in [5.41, 5.74) is 1.71. The van der Waals surface area contributed by atoms with E-state index in [-0.39, 0.29) is 28.5 Å². The van der Waals surface area contributed by atoms with Gasteiger partial charge in [0, 0.05) is 35.8 Å². The van der Waals surface area contributed by atoms with Gasteiger partial charge in [-0.15, -0.1) is 0 Å². The van der Waals surface area contributed by atoms with Crippen molar-refractivity contribution >= 4 is 40.0 Å². The van der Waals surface area contributed by atoms with Gasteiger partial charge in [0.25, 0.3) is 11.7 Å². The van der Waals surface area contributed by atoms with Crippen LogP contribution in [0.1, 0.15) is 22.9 Å². The Morgan fingerprint density at radius 2 is 1.83 bits per heavy atom. The van der Waals surface area contributed by atoms with Crippen molar-refractivity contribution in [3.63, 3.8) is 0 Å². The van der Waals surface area contributed by atoms with Crippen LogP contribution in [0.3, 0.4) is 0 Å². The molecule has 1 aliphatic rings. The van der Waals surface area contributed by atoms with Gasteiger partial charge < -0.3 is 28.5 Å². The lowest BCUT2D eigenvalue weighted by Gasteiger charge is -2.24. The average molecular weight is 507 g/mol. The Kier molecular flexibility index (Phi) is 5.97. The number of methoxy groups -OCH3 is 2. The zero-order chi connectivity index (χ0) is 25.6. The summed E-state index contributed by atoms with van der Waals surface area (Å²) >= 11 is 6.34. The number of Topliss-reactive ketones (excluding diaryl/α,β-unsaturated/α-hetero) is 1. The number of halogens is 1. The van der Waals surface area contributed by atoms with E-state index in [1.165, 1.54) is 37.5 Å². The molecule has 2 aromatic carbocycles. The number of likely N-dealkylation sites (tertiary alicyclic amines) is 1. The Morgan fingerprint density at radius 3 is 2.53 bits per heavy atom. The number of amides is 1. The summed E-state index contributed by atoms with van der Waals surface area (Å²) < 4.78 is 18.1. The van der Waals surface area contributed by atoms with Crippen molar-refractivity contribution < 1.29 is 28.6 Å². The zero-order valence-corrected chi connectivity index (χ0v) is 20.6. The van der Waals surface area contributed by atoms with Gasteiger partial charge in [0.05, 0.1) is 49.2 Å². The second-order valence-electron chi connectivity index (χ2n) is 8.41. The van der Waals surface area contributed by atoms with Crippen LogP contribution in [0.2, 0.25) is 5.02 Å². The Hall–Kier alpha value is -4.17. The highest BCUT2D eigenvalue weighted by atomic mass is 35.5. The number of aryl methyl sites for hydroxylation is 1. The van der Waals surface area contributed by atoms with Crippen LogP contribution in [-0.4, -0.2) is 40.5 Å². The van der Waals surface area contributed by atoms with Crippen molar-refractivity contribution in [2.24, 2.45) is 7.05 Å². The second-order valence-corrected chi connectivity index (χ2v) is 8.81. The van der Waals surface area contributed by atoms with Crippen LogP contribution in [0.5, 0.6) is 11.5 Å². The van der Waals surface area contributed by atoms with Crippen LogP contribution in [0.4, 0.5) is 0 Å². The number of aromatic nitrogens is 1. The number of para-hydroxylation sites is 1. The third kappa shape index (κ3) is 3.70. The van der Waals surface area contributed by atoms with E-state index in [0.717, 1.165) is 10.9 Å². The lowest BCUT2D eigenvalue weighted by atomic mass is 9.94. The predicted octanol–water partition coefficient (Wildman–Crippen LogP) is 5.06. The molecule has 3 heterocycles. The average Bonchev–Trinajstić information content (AvgIpc) is 3.58. The highest BCUT2D eigenvalue weighted by Gasteiger charge is 2.47. The number of ether oxygens (including phenoxy) is 2. The monoisotopic (exact) mass is 506 g/mol. The molecule has 0 spiro atoms. The molecule has 4 aromatic rings. The Morgan fingerprint density at radius 1 is 1.08 bits per heavy atom. The number of carbonyl (C=O) groups is 2.